The highest BCUT2D eigenvalue weighted by atomic mass is 14.8. The Labute approximate surface area is 170 Å². The van der Waals surface area contributed by atoms with E-state index in [-0.39, 0.29) is 0 Å². The van der Waals surface area contributed by atoms with Crippen molar-refractivity contribution in [2.24, 2.45) is 0 Å². The summed E-state index contributed by atoms with van der Waals surface area (Å²) in [6.45, 7) is 0. The fraction of sp³-hybridized carbons (Fsp3) is 0.120. The van der Waals surface area contributed by atoms with Crippen LogP contribution in [0.5, 0.6) is 0 Å². The van der Waals surface area contributed by atoms with E-state index in [1.165, 1.54) is 0 Å². The van der Waals surface area contributed by atoms with Crippen molar-refractivity contribution in [3.8, 4) is 35.1 Å². The van der Waals surface area contributed by atoms with Crippen LogP contribution < -0.4 is 0 Å². The van der Waals surface area contributed by atoms with Crippen molar-refractivity contribution < 1.29 is 0 Å². The average molecular weight is 376 g/mol. The van der Waals surface area contributed by atoms with E-state index in [2.05, 4.69) is 22.0 Å². The first-order valence-electron chi connectivity index (χ1n) is 9.58. The van der Waals surface area contributed by atoms with Crippen LogP contribution in [0.25, 0.3) is 22.8 Å². The van der Waals surface area contributed by atoms with Gasteiger partial charge in [-0.25, -0.2) is 0 Å². The van der Waals surface area contributed by atoms with Crippen molar-refractivity contribution in [3.05, 3.63) is 96.1 Å². The zero-order chi connectivity index (χ0) is 19.9. The number of hydrogen-bond donors (Lipinski definition) is 0. The van der Waals surface area contributed by atoms with Crippen LogP contribution in [-0.2, 0) is 12.8 Å². The van der Waals surface area contributed by atoms with Crippen LogP contribution in [0.4, 0.5) is 0 Å². The Balaban J connectivity index is 1.42. The molecule has 4 heteroatoms. The minimum absolute atomic E-state index is 0.798. The first-order chi connectivity index (χ1) is 14.3. The maximum atomic E-state index is 5.49. The van der Waals surface area contributed by atoms with E-state index in [1.807, 2.05) is 60.7 Å². The normalized spacial score (nSPS) is 10.4. The van der Waals surface area contributed by atoms with Gasteiger partial charge in [0.05, 0.1) is 22.8 Å². The van der Waals surface area contributed by atoms with Gasteiger partial charge in [0.15, 0.2) is 0 Å². The number of rotatable bonds is 6. The third-order valence-corrected chi connectivity index (χ3v) is 4.60. The molecule has 0 amide bonds. The highest BCUT2D eigenvalue weighted by Crippen LogP contribution is 2.18. The Kier molecular flexibility index (Phi) is 5.68. The molecule has 0 aliphatic heterocycles. The summed E-state index contributed by atoms with van der Waals surface area (Å²) in [6, 6.07) is 21.7. The Hall–Kier alpha value is -3.84. The Bertz CT molecular complexity index is 1150. The molecule has 0 bridgehead atoms. The van der Waals surface area contributed by atoms with Gasteiger partial charge in [-0.1, -0.05) is 24.1 Å². The number of aryl methyl sites for hydroxylation is 2. The molecule has 0 aromatic carbocycles. The molecule has 0 saturated carbocycles. The van der Waals surface area contributed by atoms with Gasteiger partial charge in [0.2, 0.25) is 0 Å². The molecule has 0 fully saturated rings. The SMILES string of the molecule is C#Cc1ccnc(-c2cccc(CCCc3cccc(-c4ccccn4)n3)n2)c1. The third-order valence-electron chi connectivity index (χ3n) is 4.60. The minimum atomic E-state index is 0.798. The summed E-state index contributed by atoms with van der Waals surface area (Å²) < 4.78 is 0. The van der Waals surface area contributed by atoms with Crippen LogP contribution in [0.1, 0.15) is 23.4 Å². The maximum absolute atomic E-state index is 5.49. The summed E-state index contributed by atoms with van der Waals surface area (Å²) in [4.78, 5) is 18.3. The lowest BCUT2D eigenvalue weighted by Crippen LogP contribution is -1.98. The molecule has 0 saturated heterocycles. The quantitative estimate of drug-likeness (QED) is 0.455. The molecule has 29 heavy (non-hydrogen) atoms. The lowest BCUT2D eigenvalue weighted by molar-refractivity contribution is 0.782. The molecule has 0 aliphatic rings. The fourth-order valence-electron chi connectivity index (χ4n) is 3.15. The van der Waals surface area contributed by atoms with Crippen molar-refractivity contribution >= 4 is 0 Å². The number of aromatic nitrogens is 4. The van der Waals surface area contributed by atoms with Crippen molar-refractivity contribution in [1.82, 2.24) is 19.9 Å². The van der Waals surface area contributed by atoms with E-state index < -0.39 is 0 Å². The number of nitrogens with zero attached hydrogens (tertiary/aromatic N) is 4. The van der Waals surface area contributed by atoms with Crippen molar-refractivity contribution in [2.45, 2.75) is 19.3 Å². The van der Waals surface area contributed by atoms with Crippen molar-refractivity contribution in [2.75, 3.05) is 0 Å². The van der Waals surface area contributed by atoms with Crippen LogP contribution in [0.2, 0.25) is 0 Å². The lowest BCUT2D eigenvalue weighted by Gasteiger charge is -2.06. The molecule has 4 nitrogen and oxygen atoms in total. The highest BCUT2D eigenvalue weighted by molar-refractivity contribution is 5.57. The second-order valence-corrected chi connectivity index (χ2v) is 6.67. The van der Waals surface area contributed by atoms with Crippen LogP contribution in [0.3, 0.4) is 0 Å². The second-order valence-electron chi connectivity index (χ2n) is 6.67. The van der Waals surface area contributed by atoms with Crippen molar-refractivity contribution in [3.63, 3.8) is 0 Å². The van der Waals surface area contributed by atoms with Gasteiger partial charge < -0.3 is 0 Å². The summed E-state index contributed by atoms with van der Waals surface area (Å²) in [5.74, 6) is 2.64. The molecule has 4 aromatic heterocycles. The predicted molar refractivity (Wildman–Crippen MR) is 115 cm³/mol. The Morgan fingerprint density at radius 2 is 1.31 bits per heavy atom. The number of pyridine rings is 4. The van der Waals surface area contributed by atoms with Crippen LogP contribution in [-0.4, -0.2) is 19.9 Å². The van der Waals surface area contributed by atoms with Gasteiger partial charge in [0, 0.05) is 29.3 Å². The molecule has 0 unspecified atom stereocenters. The molecule has 0 spiro atoms. The predicted octanol–water partition coefficient (Wildman–Crippen LogP) is 4.76. The van der Waals surface area contributed by atoms with Gasteiger partial charge in [-0.15, -0.1) is 6.42 Å². The van der Waals surface area contributed by atoms with E-state index in [4.69, 9.17) is 16.4 Å². The molecule has 0 N–H and O–H groups in total. The second kappa shape index (κ2) is 8.90. The van der Waals surface area contributed by atoms with Gasteiger partial charge in [0.25, 0.3) is 0 Å². The summed E-state index contributed by atoms with van der Waals surface area (Å²) >= 11 is 0. The molecule has 4 heterocycles. The molecule has 140 valence electrons. The molecule has 4 rings (SSSR count). The monoisotopic (exact) mass is 376 g/mol. The first-order valence-corrected chi connectivity index (χ1v) is 9.58. The van der Waals surface area contributed by atoms with Crippen LogP contribution in [0, 0.1) is 12.3 Å². The zero-order valence-corrected chi connectivity index (χ0v) is 16.0. The lowest BCUT2D eigenvalue weighted by atomic mass is 10.1. The van der Waals surface area contributed by atoms with E-state index in [9.17, 15) is 0 Å². The molecule has 0 aliphatic carbocycles. The van der Waals surface area contributed by atoms with Gasteiger partial charge >= 0.3 is 0 Å². The molecule has 4 aromatic rings. The van der Waals surface area contributed by atoms with Crippen molar-refractivity contribution in [1.29, 1.82) is 0 Å². The standard InChI is InChI=1S/C25H20N4/c1-2-19-15-17-27-25(18-19)24-14-7-11-21(29-24)9-5-8-20-10-6-13-23(28-20)22-12-3-4-16-26-22/h1,3-4,6-7,10-18H,5,8-9H2. The highest BCUT2D eigenvalue weighted by Gasteiger charge is 2.05. The smallest absolute Gasteiger partial charge is 0.0898 e. The number of terminal acetylenes is 1. The summed E-state index contributed by atoms with van der Waals surface area (Å²) in [5, 5.41) is 0. The topological polar surface area (TPSA) is 51.6 Å². The van der Waals surface area contributed by atoms with Gasteiger partial charge in [-0.2, -0.15) is 0 Å². The van der Waals surface area contributed by atoms with E-state index in [0.29, 0.717) is 0 Å². The Morgan fingerprint density at radius 3 is 1.97 bits per heavy atom. The van der Waals surface area contributed by atoms with Gasteiger partial charge in [-0.05, 0) is 67.8 Å². The van der Waals surface area contributed by atoms with Gasteiger partial charge in [-0.3, -0.25) is 19.9 Å². The average Bonchev–Trinajstić information content (AvgIpc) is 2.80. The molecule has 0 radical (unpaired) electrons. The fourth-order valence-corrected chi connectivity index (χ4v) is 3.15. The van der Waals surface area contributed by atoms with Crippen LogP contribution in [0.15, 0.2) is 79.1 Å². The summed E-state index contributed by atoms with van der Waals surface area (Å²) in [5.41, 5.74) is 6.35. The molecular formula is C25H20N4. The Morgan fingerprint density at radius 1 is 0.655 bits per heavy atom. The number of hydrogen-bond acceptors (Lipinski definition) is 4. The summed E-state index contributed by atoms with van der Waals surface area (Å²) in [6.07, 6.45) is 11.7. The van der Waals surface area contributed by atoms with Gasteiger partial charge in [0.1, 0.15) is 0 Å². The molecular weight excluding hydrogens is 356 g/mol. The van der Waals surface area contributed by atoms with E-state index >= 15 is 0 Å². The largest absolute Gasteiger partial charge is 0.255 e. The summed E-state index contributed by atoms with van der Waals surface area (Å²) in [7, 11) is 0. The van der Waals surface area contributed by atoms with E-state index in [0.717, 1.165) is 59.0 Å². The maximum Gasteiger partial charge on any atom is 0.0898 e. The zero-order valence-electron chi connectivity index (χ0n) is 16.0. The first kappa shape index (κ1) is 18.5. The third kappa shape index (κ3) is 4.72. The minimum Gasteiger partial charge on any atom is -0.255 e. The molecule has 0 atom stereocenters. The van der Waals surface area contributed by atoms with Crippen LogP contribution >= 0.6 is 0 Å². The van der Waals surface area contributed by atoms with E-state index in [1.54, 1.807) is 12.4 Å².